The topological polar surface area (TPSA) is 82.6 Å². The predicted molar refractivity (Wildman–Crippen MR) is 105 cm³/mol. The SMILES string of the molecule is CCCNC(=O)C1CCCN(c2ccc(S(=O)(=O)N3CCCCC3)cn2)C1. The molecule has 0 bridgehead atoms. The zero-order valence-electron chi connectivity index (χ0n) is 16.1. The lowest BCUT2D eigenvalue weighted by Crippen LogP contribution is -2.43. The van der Waals surface area contributed by atoms with Gasteiger partial charge in [-0.25, -0.2) is 13.4 Å². The maximum atomic E-state index is 12.7. The number of carbonyl (C=O) groups excluding carboxylic acids is 1. The highest BCUT2D eigenvalue weighted by atomic mass is 32.2. The minimum absolute atomic E-state index is 0.0381. The van der Waals surface area contributed by atoms with Crippen LogP contribution in [0.15, 0.2) is 23.2 Å². The number of nitrogens with one attached hydrogen (secondary N) is 1. The lowest BCUT2D eigenvalue weighted by Gasteiger charge is -2.33. The quantitative estimate of drug-likeness (QED) is 0.798. The summed E-state index contributed by atoms with van der Waals surface area (Å²) in [5.74, 6) is 0.801. The minimum Gasteiger partial charge on any atom is -0.356 e. The van der Waals surface area contributed by atoms with Crippen molar-refractivity contribution in [2.24, 2.45) is 5.92 Å². The zero-order chi connectivity index (χ0) is 19.3. The van der Waals surface area contributed by atoms with Gasteiger partial charge in [0.1, 0.15) is 10.7 Å². The van der Waals surface area contributed by atoms with Crippen molar-refractivity contribution in [3.05, 3.63) is 18.3 Å². The number of carbonyl (C=O) groups is 1. The van der Waals surface area contributed by atoms with Crippen molar-refractivity contribution in [1.29, 1.82) is 0 Å². The van der Waals surface area contributed by atoms with Crippen LogP contribution in [-0.4, -0.2) is 56.3 Å². The van der Waals surface area contributed by atoms with Crippen LogP contribution < -0.4 is 10.2 Å². The van der Waals surface area contributed by atoms with Crippen LogP contribution in [0.2, 0.25) is 0 Å². The Morgan fingerprint density at radius 2 is 1.96 bits per heavy atom. The molecule has 1 aromatic rings. The molecule has 2 aliphatic heterocycles. The summed E-state index contributed by atoms with van der Waals surface area (Å²) in [5, 5.41) is 2.97. The van der Waals surface area contributed by atoms with Crippen molar-refractivity contribution in [3.63, 3.8) is 0 Å². The Hall–Kier alpha value is -1.67. The molecule has 27 heavy (non-hydrogen) atoms. The van der Waals surface area contributed by atoms with Crippen LogP contribution in [0.3, 0.4) is 0 Å². The Morgan fingerprint density at radius 1 is 1.19 bits per heavy atom. The van der Waals surface area contributed by atoms with E-state index in [4.69, 9.17) is 0 Å². The van der Waals surface area contributed by atoms with Gasteiger partial charge in [-0.05, 0) is 44.2 Å². The molecule has 1 amide bonds. The smallest absolute Gasteiger partial charge is 0.244 e. The van der Waals surface area contributed by atoms with E-state index >= 15 is 0 Å². The molecule has 150 valence electrons. The van der Waals surface area contributed by atoms with Crippen LogP contribution in [0.4, 0.5) is 5.82 Å². The van der Waals surface area contributed by atoms with Gasteiger partial charge in [-0.1, -0.05) is 13.3 Å². The highest BCUT2D eigenvalue weighted by molar-refractivity contribution is 7.89. The molecule has 1 N–H and O–H groups in total. The summed E-state index contributed by atoms with van der Waals surface area (Å²) in [6.07, 6.45) is 7.12. The molecule has 8 heteroatoms. The van der Waals surface area contributed by atoms with Crippen LogP contribution in [0.1, 0.15) is 45.4 Å². The highest BCUT2D eigenvalue weighted by Gasteiger charge is 2.28. The molecule has 0 aromatic carbocycles. The third kappa shape index (κ3) is 4.79. The first-order valence-corrected chi connectivity index (χ1v) is 11.4. The molecular formula is C19H30N4O3S. The lowest BCUT2D eigenvalue weighted by atomic mass is 9.97. The van der Waals surface area contributed by atoms with Crippen LogP contribution >= 0.6 is 0 Å². The number of anilines is 1. The lowest BCUT2D eigenvalue weighted by molar-refractivity contribution is -0.125. The summed E-state index contributed by atoms with van der Waals surface area (Å²) in [4.78, 5) is 19.0. The first kappa shape index (κ1) is 20.1. The molecule has 0 spiro atoms. The van der Waals surface area contributed by atoms with Gasteiger partial charge in [-0.2, -0.15) is 4.31 Å². The number of rotatable bonds is 6. The predicted octanol–water partition coefficient (Wildman–Crippen LogP) is 2.00. The number of aromatic nitrogens is 1. The normalized spacial score (nSPS) is 21.8. The summed E-state index contributed by atoms with van der Waals surface area (Å²) in [7, 11) is -3.46. The van der Waals surface area contributed by atoms with Gasteiger partial charge in [-0.3, -0.25) is 4.79 Å². The summed E-state index contributed by atoms with van der Waals surface area (Å²) in [6.45, 7) is 5.38. The summed E-state index contributed by atoms with van der Waals surface area (Å²) < 4.78 is 27.0. The van der Waals surface area contributed by atoms with Crippen LogP contribution in [0.25, 0.3) is 0 Å². The average molecular weight is 395 g/mol. The van der Waals surface area contributed by atoms with E-state index in [9.17, 15) is 13.2 Å². The number of nitrogens with zero attached hydrogens (tertiary/aromatic N) is 3. The molecule has 0 aliphatic carbocycles. The van der Waals surface area contributed by atoms with Crippen molar-refractivity contribution in [1.82, 2.24) is 14.6 Å². The van der Waals surface area contributed by atoms with Crippen molar-refractivity contribution in [2.75, 3.05) is 37.6 Å². The van der Waals surface area contributed by atoms with Crippen molar-refractivity contribution < 1.29 is 13.2 Å². The van der Waals surface area contributed by atoms with Gasteiger partial charge in [0, 0.05) is 38.9 Å². The maximum Gasteiger partial charge on any atom is 0.244 e. The highest BCUT2D eigenvalue weighted by Crippen LogP contribution is 2.24. The van der Waals surface area contributed by atoms with E-state index in [1.807, 2.05) is 6.92 Å². The fourth-order valence-corrected chi connectivity index (χ4v) is 5.22. The number of sulfonamides is 1. The Kier molecular flexibility index (Phi) is 6.70. The fourth-order valence-electron chi connectivity index (χ4n) is 3.76. The Bertz CT molecular complexity index is 730. The molecule has 3 rings (SSSR count). The number of hydrogen-bond donors (Lipinski definition) is 1. The van der Waals surface area contributed by atoms with E-state index in [2.05, 4.69) is 15.2 Å². The Morgan fingerprint density at radius 3 is 2.63 bits per heavy atom. The monoisotopic (exact) mass is 394 g/mol. The molecule has 1 atom stereocenters. The third-order valence-corrected chi connectivity index (χ3v) is 7.22. The molecule has 2 aliphatic rings. The van der Waals surface area contributed by atoms with Crippen molar-refractivity contribution in [3.8, 4) is 0 Å². The van der Waals surface area contributed by atoms with E-state index in [0.29, 0.717) is 26.2 Å². The van der Waals surface area contributed by atoms with Gasteiger partial charge < -0.3 is 10.2 Å². The van der Waals surface area contributed by atoms with Gasteiger partial charge in [0.25, 0.3) is 0 Å². The maximum absolute atomic E-state index is 12.7. The van der Waals surface area contributed by atoms with Crippen molar-refractivity contribution in [2.45, 2.75) is 50.3 Å². The van der Waals surface area contributed by atoms with Gasteiger partial charge >= 0.3 is 0 Å². The number of piperidine rings is 2. The standard InChI is InChI=1S/C19H30N4O3S/c1-2-10-20-19(24)16-7-6-11-22(15-16)18-9-8-17(14-21-18)27(25,26)23-12-4-3-5-13-23/h8-9,14,16H,2-7,10-13,15H2,1H3,(H,20,24). The second-order valence-electron chi connectivity index (χ2n) is 7.39. The molecular weight excluding hydrogens is 364 g/mol. The Labute approximate surface area is 162 Å². The van der Waals surface area contributed by atoms with E-state index in [1.54, 1.807) is 16.4 Å². The van der Waals surface area contributed by atoms with E-state index in [0.717, 1.165) is 50.9 Å². The first-order valence-electron chi connectivity index (χ1n) is 10.0. The fraction of sp³-hybridized carbons (Fsp3) is 0.684. The second kappa shape index (κ2) is 9.01. The van der Waals surface area contributed by atoms with Gasteiger partial charge in [0.2, 0.25) is 15.9 Å². The molecule has 1 aromatic heterocycles. The number of amides is 1. The Balaban J connectivity index is 1.66. The van der Waals surface area contributed by atoms with Crippen LogP contribution in [0.5, 0.6) is 0 Å². The number of hydrogen-bond acceptors (Lipinski definition) is 5. The molecule has 2 saturated heterocycles. The zero-order valence-corrected chi connectivity index (χ0v) is 16.9. The third-order valence-electron chi connectivity index (χ3n) is 5.34. The molecule has 3 heterocycles. The molecule has 1 unspecified atom stereocenters. The van der Waals surface area contributed by atoms with Gasteiger partial charge in [0.15, 0.2) is 0 Å². The molecule has 7 nitrogen and oxygen atoms in total. The molecule has 0 radical (unpaired) electrons. The summed E-state index contributed by atoms with van der Waals surface area (Å²) >= 11 is 0. The number of pyridine rings is 1. The van der Waals surface area contributed by atoms with Crippen LogP contribution in [0, 0.1) is 5.92 Å². The van der Waals surface area contributed by atoms with Gasteiger partial charge in [-0.15, -0.1) is 0 Å². The van der Waals surface area contributed by atoms with Gasteiger partial charge in [0.05, 0.1) is 5.92 Å². The summed E-state index contributed by atoms with van der Waals surface area (Å²) in [6, 6.07) is 3.41. The first-order chi connectivity index (χ1) is 13.0. The molecule has 2 fully saturated rings. The van der Waals surface area contributed by atoms with E-state index < -0.39 is 10.0 Å². The summed E-state index contributed by atoms with van der Waals surface area (Å²) in [5.41, 5.74) is 0. The van der Waals surface area contributed by atoms with E-state index in [1.165, 1.54) is 6.20 Å². The van der Waals surface area contributed by atoms with Crippen molar-refractivity contribution >= 4 is 21.7 Å². The second-order valence-corrected chi connectivity index (χ2v) is 9.33. The molecule has 0 saturated carbocycles. The largest absolute Gasteiger partial charge is 0.356 e. The van der Waals surface area contributed by atoms with E-state index in [-0.39, 0.29) is 16.7 Å². The minimum atomic E-state index is -3.46. The average Bonchev–Trinajstić information content (AvgIpc) is 2.73. The van der Waals surface area contributed by atoms with Crippen LogP contribution in [-0.2, 0) is 14.8 Å².